The Balaban J connectivity index is 2.50. The van der Waals surface area contributed by atoms with Crippen LogP contribution in [0.1, 0.15) is 32.0 Å². The lowest BCUT2D eigenvalue weighted by molar-refractivity contribution is -0.678. The van der Waals surface area contributed by atoms with Gasteiger partial charge in [-0.3, -0.25) is 0 Å². The van der Waals surface area contributed by atoms with Crippen molar-refractivity contribution >= 4 is 0 Å². The molecule has 0 atom stereocenters. The molecule has 0 radical (unpaired) electrons. The summed E-state index contributed by atoms with van der Waals surface area (Å²) in [6.45, 7) is 2.24. The molecule has 0 aromatic carbocycles. The van der Waals surface area contributed by atoms with Gasteiger partial charge < -0.3 is 0 Å². The first kappa shape index (κ1) is 9.30. The molecule has 0 saturated carbocycles. The number of imidazole rings is 1. The van der Waals surface area contributed by atoms with E-state index in [1.54, 1.807) is 0 Å². The Labute approximate surface area is 74.8 Å². The summed E-state index contributed by atoms with van der Waals surface area (Å²) in [5.74, 6) is 1.42. The minimum absolute atomic E-state index is 1.20. The predicted molar refractivity (Wildman–Crippen MR) is 49.8 cm³/mol. The topological polar surface area (TPSA) is 8.81 Å². The van der Waals surface area contributed by atoms with E-state index in [1.165, 1.54) is 31.5 Å². The molecule has 2 heteroatoms. The highest BCUT2D eigenvalue weighted by Gasteiger charge is 2.09. The summed E-state index contributed by atoms with van der Waals surface area (Å²) in [5, 5.41) is 0. The van der Waals surface area contributed by atoms with Crippen LogP contribution in [0.4, 0.5) is 0 Å². The zero-order valence-electron chi connectivity index (χ0n) is 8.38. The highest BCUT2D eigenvalue weighted by atomic mass is 15.1. The minimum Gasteiger partial charge on any atom is -0.237 e. The second-order valence-corrected chi connectivity index (χ2v) is 3.39. The molecule has 0 N–H and O–H groups in total. The number of unbranched alkanes of at least 4 members (excludes halogenated alkanes) is 2. The molecule has 0 aliphatic rings. The summed E-state index contributed by atoms with van der Waals surface area (Å²) in [7, 11) is 4.22. The maximum Gasteiger partial charge on any atom is 0.255 e. The largest absolute Gasteiger partial charge is 0.255 e. The zero-order chi connectivity index (χ0) is 8.97. The molecule has 1 aromatic heterocycles. The predicted octanol–water partition coefficient (Wildman–Crippen LogP) is 1.58. The van der Waals surface area contributed by atoms with Gasteiger partial charge in [0.05, 0.1) is 14.1 Å². The number of aromatic nitrogens is 2. The van der Waals surface area contributed by atoms with E-state index in [1.807, 2.05) is 0 Å². The van der Waals surface area contributed by atoms with E-state index in [-0.39, 0.29) is 0 Å². The SMILES string of the molecule is CCCCCc1n(C)cc[n+]1C. The van der Waals surface area contributed by atoms with Crippen molar-refractivity contribution in [1.29, 1.82) is 0 Å². The Morgan fingerprint density at radius 1 is 1.42 bits per heavy atom. The van der Waals surface area contributed by atoms with E-state index in [2.05, 4.69) is 42.5 Å². The van der Waals surface area contributed by atoms with Gasteiger partial charge in [-0.2, -0.15) is 0 Å². The quantitative estimate of drug-likeness (QED) is 0.475. The van der Waals surface area contributed by atoms with E-state index < -0.39 is 0 Å². The molecule has 0 saturated heterocycles. The standard InChI is InChI=1S/C10H19N2/c1-4-5-6-7-10-11(2)8-9-12(10)3/h8-9H,4-7H2,1-3H3/q+1. The van der Waals surface area contributed by atoms with Crippen molar-refractivity contribution in [3.63, 3.8) is 0 Å². The van der Waals surface area contributed by atoms with Crippen LogP contribution in [0.25, 0.3) is 0 Å². The van der Waals surface area contributed by atoms with Gasteiger partial charge in [-0.25, -0.2) is 9.13 Å². The molecule has 0 aliphatic heterocycles. The van der Waals surface area contributed by atoms with Gasteiger partial charge in [-0.05, 0) is 6.42 Å². The molecule has 68 valence electrons. The normalized spacial score (nSPS) is 10.6. The van der Waals surface area contributed by atoms with E-state index in [9.17, 15) is 0 Å². The first-order chi connectivity index (χ1) is 5.75. The lowest BCUT2D eigenvalue weighted by Gasteiger charge is -1.97. The average Bonchev–Trinajstić information content (AvgIpc) is 2.35. The van der Waals surface area contributed by atoms with Crippen LogP contribution in [0.15, 0.2) is 12.4 Å². The Hall–Kier alpha value is -0.790. The second kappa shape index (κ2) is 4.29. The van der Waals surface area contributed by atoms with Crippen molar-refractivity contribution in [2.75, 3.05) is 0 Å². The molecule has 1 rings (SSSR count). The minimum atomic E-state index is 1.20. The van der Waals surface area contributed by atoms with Crippen LogP contribution < -0.4 is 4.57 Å². The third-order valence-electron chi connectivity index (χ3n) is 2.33. The molecule has 0 aliphatic carbocycles. The first-order valence-corrected chi connectivity index (χ1v) is 4.75. The molecule has 12 heavy (non-hydrogen) atoms. The molecule has 0 bridgehead atoms. The number of hydrogen-bond donors (Lipinski definition) is 0. The lowest BCUT2D eigenvalue weighted by atomic mass is 10.2. The summed E-state index contributed by atoms with van der Waals surface area (Å²) in [6, 6.07) is 0. The van der Waals surface area contributed by atoms with Crippen LogP contribution in [0, 0.1) is 0 Å². The molecular weight excluding hydrogens is 148 g/mol. The van der Waals surface area contributed by atoms with Gasteiger partial charge in [-0.1, -0.05) is 19.8 Å². The van der Waals surface area contributed by atoms with Crippen molar-refractivity contribution in [3.05, 3.63) is 18.2 Å². The number of aryl methyl sites for hydroxylation is 2. The Kier molecular flexibility index (Phi) is 3.32. The molecule has 1 heterocycles. The molecule has 2 nitrogen and oxygen atoms in total. The molecule has 0 fully saturated rings. The van der Waals surface area contributed by atoms with E-state index >= 15 is 0 Å². The molecule has 0 unspecified atom stereocenters. The molecule has 0 amide bonds. The van der Waals surface area contributed by atoms with Crippen LogP contribution in [0.2, 0.25) is 0 Å². The highest BCUT2D eigenvalue weighted by Crippen LogP contribution is 2.01. The summed E-state index contributed by atoms with van der Waals surface area (Å²) >= 11 is 0. The number of hydrogen-bond acceptors (Lipinski definition) is 0. The van der Waals surface area contributed by atoms with Crippen molar-refractivity contribution < 1.29 is 4.57 Å². The molecule has 0 spiro atoms. The van der Waals surface area contributed by atoms with Gasteiger partial charge >= 0.3 is 0 Å². The van der Waals surface area contributed by atoms with Gasteiger partial charge in [0.1, 0.15) is 12.4 Å². The van der Waals surface area contributed by atoms with Crippen molar-refractivity contribution in [3.8, 4) is 0 Å². The Bertz CT molecular complexity index is 218. The summed E-state index contributed by atoms with van der Waals surface area (Å²) in [5.41, 5.74) is 0. The third kappa shape index (κ3) is 2.10. The van der Waals surface area contributed by atoms with Crippen LogP contribution in [-0.4, -0.2) is 4.57 Å². The zero-order valence-corrected chi connectivity index (χ0v) is 8.38. The van der Waals surface area contributed by atoms with Gasteiger partial charge in [0, 0.05) is 6.42 Å². The van der Waals surface area contributed by atoms with E-state index in [0.29, 0.717) is 0 Å². The first-order valence-electron chi connectivity index (χ1n) is 4.75. The van der Waals surface area contributed by atoms with Gasteiger partial charge in [0.15, 0.2) is 0 Å². The fourth-order valence-electron chi connectivity index (χ4n) is 1.51. The summed E-state index contributed by atoms with van der Waals surface area (Å²) in [6.07, 6.45) is 9.37. The van der Waals surface area contributed by atoms with Crippen molar-refractivity contribution in [2.24, 2.45) is 14.1 Å². The monoisotopic (exact) mass is 167 g/mol. The highest BCUT2D eigenvalue weighted by molar-refractivity contribution is 4.81. The second-order valence-electron chi connectivity index (χ2n) is 3.39. The maximum absolute atomic E-state index is 2.24. The summed E-state index contributed by atoms with van der Waals surface area (Å²) < 4.78 is 4.41. The summed E-state index contributed by atoms with van der Waals surface area (Å²) in [4.78, 5) is 0. The Morgan fingerprint density at radius 2 is 2.17 bits per heavy atom. The molecule has 1 aromatic rings. The third-order valence-corrected chi connectivity index (χ3v) is 2.33. The Morgan fingerprint density at radius 3 is 2.67 bits per heavy atom. The smallest absolute Gasteiger partial charge is 0.237 e. The fourth-order valence-corrected chi connectivity index (χ4v) is 1.51. The van der Waals surface area contributed by atoms with Crippen LogP contribution in [0.3, 0.4) is 0 Å². The molecular formula is C10H19N2+. The average molecular weight is 167 g/mol. The van der Waals surface area contributed by atoms with Crippen LogP contribution >= 0.6 is 0 Å². The number of nitrogens with zero attached hydrogens (tertiary/aromatic N) is 2. The van der Waals surface area contributed by atoms with Crippen LogP contribution in [0.5, 0.6) is 0 Å². The van der Waals surface area contributed by atoms with Crippen molar-refractivity contribution in [1.82, 2.24) is 4.57 Å². The lowest BCUT2D eigenvalue weighted by Crippen LogP contribution is -2.31. The number of rotatable bonds is 4. The van der Waals surface area contributed by atoms with E-state index in [0.717, 1.165) is 0 Å². The van der Waals surface area contributed by atoms with Crippen LogP contribution in [-0.2, 0) is 20.5 Å². The van der Waals surface area contributed by atoms with Crippen molar-refractivity contribution in [2.45, 2.75) is 32.6 Å². The van der Waals surface area contributed by atoms with Gasteiger partial charge in [-0.15, -0.1) is 0 Å². The van der Waals surface area contributed by atoms with Gasteiger partial charge in [0.2, 0.25) is 0 Å². The maximum atomic E-state index is 2.24. The fraction of sp³-hybridized carbons (Fsp3) is 0.700. The van der Waals surface area contributed by atoms with E-state index in [4.69, 9.17) is 0 Å². The van der Waals surface area contributed by atoms with Gasteiger partial charge in [0.25, 0.3) is 5.82 Å².